The van der Waals surface area contributed by atoms with Crippen molar-refractivity contribution in [1.29, 1.82) is 0 Å². The van der Waals surface area contributed by atoms with E-state index >= 15 is 0 Å². The Balaban J connectivity index is 2.53. The molecule has 116 valence electrons. The van der Waals surface area contributed by atoms with Gasteiger partial charge in [0, 0.05) is 5.54 Å². The molecule has 1 aromatic heterocycles. The molecule has 0 saturated heterocycles. The summed E-state index contributed by atoms with van der Waals surface area (Å²) in [5, 5.41) is 6.87. The fourth-order valence-electron chi connectivity index (χ4n) is 1.94. The molecule has 0 aliphatic heterocycles. The molecular weight excluding hydrogens is 285 g/mol. The highest BCUT2D eigenvalue weighted by Crippen LogP contribution is 2.08. The van der Waals surface area contributed by atoms with E-state index in [1.165, 1.54) is 30.3 Å². The van der Waals surface area contributed by atoms with Crippen molar-refractivity contribution in [3.8, 4) is 5.69 Å². The summed E-state index contributed by atoms with van der Waals surface area (Å²) in [6, 6.07) is 6.80. The van der Waals surface area contributed by atoms with E-state index in [-0.39, 0.29) is 5.56 Å². The van der Waals surface area contributed by atoms with E-state index in [0.29, 0.717) is 11.4 Å². The van der Waals surface area contributed by atoms with Crippen molar-refractivity contribution >= 4 is 5.91 Å². The molecule has 0 unspecified atom stereocenters. The van der Waals surface area contributed by atoms with Crippen LogP contribution >= 0.6 is 0 Å². The number of nitrogens with one attached hydrogen (secondary N) is 1. The SMILES string of the molecule is Cc1cc(C(=O)NC(C)(C)C)c(=O)n(-c2ccc(F)cc2)n1. The largest absolute Gasteiger partial charge is 0.347 e. The van der Waals surface area contributed by atoms with E-state index < -0.39 is 22.8 Å². The predicted octanol–water partition coefficient (Wildman–Crippen LogP) is 2.21. The summed E-state index contributed by atoms with van der Waals surface area (Å²) < 4.78 is 14.1. The van der Waals surface area contributed by atoms with Crippen LogP contribution in [0.5, 0.6) is 0 Å². The van der Waals surface area contributed by atoms with Crippen molar-refractivity contribution < 1.29 is 9.18 Å². The molecule has 1 N–H and O–H groups in total. The van der Waals surface area contributed by atoms with Crippen molar-refractivity contribution in [2.24, 2.45) is 0 Å². The lowest BCUT2D eigenvalue weighted by atomic mass is 10.1. The second-order valence-electron chi connectivity index (χ2n) is 6.10. The Morgan fingerprint density at radius 1 is 1.23 bits per heavy atom. The lowest BCUT2D eigenvalue weighted by molar-refractivity contribution is 0.0917. The molecule has 2 rings (SSSR count). The van der Waals surface area contributed by atoms with Crippen molar-refractivity contribution in [3.05, 3.63) is 57.8 Å². The van der Waals surface area contributed by atoms with Gasteiger partial charge in [-0.1, -0.05) is 0 Å². The second kappa shape index (κ2) is 5.71. The molecule has 0 aliphatic carbocycles. The zero-order valence-corrected chi connectivity index (χ0v) is 13.0. The van der Waals surface area contributed by atoms with Gasteiger partial charge in [-0.2, -0.15) is 9.78 Å². The lowest BCUT2D eigenvalue weighted by Crippen LogP contribution is -2.43. The number of carbonyl (C=O) groups excluding carboxylic acids is 1. The molecular formula is C16H18FN3O2. The van der Waals surface area contributed by atoms with Gasteiger partial charge in [0.2, 0.25) is 0 Å². The number of nitrogens with zero attached hydrogens (tertiary/aromatic N) is 2. The number of halogens is 1. The van der Waals surface area contributed by atoms with E-state index in [9.17, 15) is 14.0 Å². The zero-order valence-electron chi connectivity index (χ0n) is 13.0. The first-order valence-electron chi connectivity index (χ1n) is 6.87. The third kappa shape index (κ3) is 3.58. The lowest BCUT2D eigenvalue weighted by Gasteiger charge is -2.20. The number of hydrogen-bond acceptors (Lipinski definition) is 3. The minimum atomic E-state index is -0.543. The number of amides is 1. The highest BCUT2D eigenvalue weighted by molar-refractivity contribution is 5.94. The molecule has 5 nitrogen and oxygen atoms in total. The number of aromatic nitrogens is 2. The quantitative estimate of drug-likeness (QED) is 0.925. The Morgan fingerprint density at radius 3 is 2.36 bits per heavy atom. The second-order valence-corrected chi connectivity index (χ2v) is 6.10. The summed E-state index contributed by atoms with van der Waals surface area (Å²) in [6.45, 7) is 7.18. The van der Waals surface area contributed by atoms with Gasteiger partial charge in [-0.3, -0.25) is 9.59 Å². The van der Waals surface area contributed by atoms with E-state index in [4.69, 9.17) is 0 Å². The molecule has 22 heavy (non-hydrogen) atoms. The van der Waals surface area contributed by atoms with Crippen LogP contribution in [0.3, 0.4) is 0 Å². The van der Waals surface area contributed by atoms with Crippen LogP contribution in [0.1, 0.15) is 36.8 Å². The normalized spacial score (nSPS) is 11.3. The third-order valence-corrected chi connectivity index (χ3v) is 2.84. The number of rotatable bonds is 2. The van der Waals surface area contributed by atoms with Crippen LogP contribution < -0.4 is 10.9 Å². The standard InChI is InChI=1S/C16H18FN3O2/c1-10-9-13(14(21)18-16(2,3)4)15(22)20(19-10)12-7-5-11(17)6-8-12/h5-9H,1-4H3,(H,18,21). The van der Waals surface area contributed by atoms with Crippen LogP contribution in [0.25, 0.3) is 5.69 Å². The van der Waals surface area contributed by atoms with Crippen LogP contribution in [-0.2, 0) is 0 Å². The molecule has 0 atom stereocenters. The maximum absolute atomic E-state index is 13.0. The smallest absolute Gasteiger partial charge is 0.284 e. The van der Waals surface area contributed by atoms with Crippen LogP contribution in [0.15, 0.2) is 35.1 Å². The Morgan fingerprint density at radius 2 is 1.82 bits per heavy atom. The Bertz CT molecular complexity index is 758. The van der Waals surface area contributed by atoms with E-state index in [2.05, 4.69) is 10.4 Å². The summed E-state index contributed by atoms with van der Waals surface area (Å²) in [5.41, 5.74) is -0.0740. The Hall–Kier alpha value is -2.50. The maximum atomic E-state index is 13.0. The number of carbonyl (C=O) groups is 1. The van der Waals surface area contributed by atoms with Gasteiger partial charge in [-0.05, 0) is 58.0 Å². The van der Waals surface area contributed by atoms with Crippen LogP contribution in [0, 0.1) is 12.7 Å². The fourth-order valence-corrected chi connectivity index (χ4v) is 1.94. The summed E-state index contributed by atoms with van der Waals surface area (Å²) in [4.78, 5) is 24.7. The first kappa shape index (κ1) is 15.9. The molecule has 1 amide bonds. The van der Waals surface area contributed by atoms with Gasteiger partial charge in [0.05, 0.1) is 11.4 Å². The third-order valence-electron chi connectivity index (χ3n) is 2.84. The van der Waals surface area contributed by atoms with Crippen molar-refractivity contribution in [1.82, 2.24) is 15.1 Å². The van der Waals surface area contributed by atoms with Gasteiger partial charge in [0.25, 0.3) is 11.5 Å². The highest BCUT2D eigenvalue weighted by atomic mass is 19.1. The molecule has 1 aromatic carbocycles. The minimum absolute atomic E-state index is 0.00625. The average Bonchev–Trinajstić information content (AvgIpc) is 2.40. The maximum Gasteiger partial charge on any atom is 0.284 e. The van der Waals surface area contributed by atoms with Gasteiger partial charge < -0.3 is 5.32 Å². The fraction of sp³-hybridized carbons (Fsp3) is 0.312. The van der Waals surface area contributed by atoms with Crippen LogP contribution in [0.2, 0.25) is 0 Å². The van der Waals surface area contributed by atoms with E-state index in [1.54, 1.807) is 6.92 Å². The average molecular weight is 303 g/mol. The van der Waals surface area contributed by atoms with Crippen molar-refractivity contribution in [2.45, 2.75) is 33.2 Å². The molecule has 6 heteroatoms. The predicted molar refractivity (Wildman–Crippen MR) is 81.7 cm³/mol. The zero-order chi connectivity index (χ0) is 16.5. The van der Waals surface area contributed by atoms with Crippen molar-refractivity contribution in [3.63, 3.8) is 0 Å². The van der Waals surface area contributed by atoms with Gasteiger partial charge >= 0.3 is 0 Å². The van der Waals surface area contributed by atoms with Crippen LogP contribution in [0.4, 0.5) is 4.39 Å². The molecule has 1 heterocycles. The Labute approximate surface area is 127 Å². The van der Waals surface area contributed by atoms with Gasteiger partial charge in [0.15, 0.2) is 0 Å². The molecule has 0 bridgehead atoms. The monoisotopic (exact) mass is 303 g/mol. The summed E-state index contributed by atoms with van der Waals surface area (Å²) in [6.07, 6.45) is 0. The number of aryl methyl sites for hydroxylation is 1. The molecule has 0 saturated carbocycles. The molecule has 0 aliphatic rings. The molecule has 0 fully saturated rings. The first-order valence-corrected chi connectivity index (χ1v) is 6.87. The van der Waals surface area contributed by atoms with Gasteiger partial charge in [0.1, 0.15) is 11.4 Å². The van der Waals surface area contributed by atoms with Crippen molar-refractivity contribution in [2.75, 3.05) is 0 Å². The molecule has 0 spiro atoms. The number of hydrogen-bond donors (Lipinski definition) is 1. The summed E-state index contributed by atoms with van der Waals surface area (Å²) >= 11 is 0. The van der Waals surface area contributed by atoms with Gasteiger partial charge in [-0.25, -0.2) is 4.39 Å². The van der Waals surface area contributed by atoms with E-state index in [0.717, 1.165) is 4.68 Å². The van der Waals surface area contributed by atoms with Gasteiger partial charge in [-0.15, -0.1) is 0 Å². The topological polar surface area (TPSA) is 64.0 Å². The number of benzene rings is 1. The van der Waals surface area contributed by atoms with E-state index in [1.807, 2.05) is 20.8 Å². The summed E-state index contributed by atoms with van der Waals surface area (Å²) in [5.74, 6) is -0.867. The summed E-state index contributed by atoms with van der Waals surface area (Å²) in [7, 11) is 0. The molecule has 0 radical (unpaired) electrons. The van der Waals surface area contributed by atoms with Crippen LogP contribution in [-0.4, -0.2) is 21.2 Å². The highest BCUT2D eigenvalue weighted by Gasteiger charge is 2.20. The minimum Gasteiger partial charge on any atom is -0.347 e. The Kier molecular flexibility index (Phi) is 4.12. The molecule has 2 aromatic rings. The first-order chi connectivity index (χ1) is 10.2.